The van der Waals surface area contributed by atoms with Gasteiger partial charge in [-0.2, -0.15) is 0 Å². The maximum absolute atomic E-state index is 12.3. The number of carbonyl (C=O) groups excluding carboxylic acids is 2. The van der Waals surface area contributed by atoms with Crippen LogP contribution in [0.4, 0.5) is 0 Å². The summed E-state index contributed by atoms with van der Waals surface area (Å²) < 4.78 is 0. The molecule has 1 aliphatic carbocycles. The van der Waals surface area contributed by atoms with E-state index in [4.69, 9.17) is 0 Å². The predicted octanol–water partition coefficient (Wildman–Crippen LogP) is 0.910. The van der Waals surface area contributed by atoms with Crippen LogP contribution in [-0.4, -0.2) is 34.3 Å². The fraction of sp³-hybridized carbons (Fsp3) is 0.833. The van der Waals surface area contributed by atoms with Crippen LogP contribution in [-0.2, 0) is 9.59 Å². The van der Waals surface area contributed by atoms with Gasteiger partial charge in [0.05, 0.1) is 0 Å². The standard InChI is InChI=1S/C12H20N2O2/c1-7-10(15)13-9(8-5-6-8)11(16)14(7)12(2,3)4/h7-9H,5-6H2,1-4H3,(H,13,15). The maximum atomic E-state index is 12.3. The first-order valence-corrected chi connectivity index (χ1v) is 5.96. The van der Waals surface area contributed by atoms with E-state index in [0.29, 0.717) is 5.92 Å². The summed E-state index contributed by atoms with van der Waals surface area (Å²) in [5.74, 6) is 0.433. The molecule has 2 fully saturated rings. The molecule has 2 rings (SSSR count). The number of nitrogens with zero attached hydrogens (tertiary/aromatic N) is 1. The highest BCUT2D eigenvalue weighted by molar-refractivity contribution is 5.97. The fourth-order valence-electron chi connectivity index (χ4n) is 2.45. The Morgan fingerprint density at radius 1 is 1.25 bits per heavy atom. The molecule has 2 aliphatic rings. The van der Waals surface area contributed by atoms with Crippen LogP contribution in [0.15, 0.2) is 0 Å². The lowest BCUT2D eigenvalue weighted by Gasteiger charge is -2.45. The molecule has 2 unspecified atom stereocenters. The highest BCUT2D eigenvalue weighted by Gasteiger charge is 2.48. The van der Waals surface area contributed by atoms with Crippen molar-refractivity contribution in [3.05, 3.63) is 0 Å². The van der Waals surface area contributed by atoms with Crippen molar-refractivity contribution in [3.8, 4) is 0 Å². The minimum absolute atomic E-state index is 0.0218. The Kier molecular flexibility index (Phi) is 2.48. The molecule has 90 valence electrons. The van der Waals surface area contributed by atoms with Crippen LogP contribution in [0.2, 0.25) is 0 Å². The van der Waals surface area contributed by atoms with Gasteiger partial charge in [0.25, 0.3) is 0 Å². The summed E-state index contributed by atoms with van der Waals surface area (Å²) in [6.45, 7) is 7.72. The van der Waals surface area contributed by atoms with Crippen molar-refractivity contribution in [1.82, 2.24) is 10.2 Å². The molecule has 2 amide bonds. The molecule has 4 heteroatoms. The Hall–Kier alpha value is -1.06. The molecule has 1 aliphatic heterocycles. The van der Waals surface area contributed by atoms with Gasteiger partial charge in [-0.15, -0.1) is 0 Å². The van der Waals surface area contributed by atoms with E-state index in [9.17, 15) is 9.59 Å². The van der Waals surface area contributed by atoms with Gasteiger partial charge in [-0.1, -0.05) is 0 Å². The molecule has 16 heavy (non-hydrogen) atoms. The first-order valence-electron chi connectivity index (χ1n) is 5.96. The van der Waals surface area contributed by atoms with Crippen LogP contribution < -0.4 is 5.32 Å². The van der Waals surface area contributed by atoms with Crippen LogP contribution in [0.25, 0.3) is 0 Å². The van der Waals surface area contributed by atoms with Crippen molar-refractivity contribution in [2.24, 2.45) is 5.92 Å². The highest BCUT2D eigenvalue weighted by Crippen LogP contribution is 2.36. The van der Waals surface area contributed by atoms with Crippen LogP contribution in [0, 0.1) is 5.92 Å². The van der Waals surface area contributed by atoms with Gasteiger partial charge >= 0.3 is 0 Å². The monoisotopic (exact) mass is 224 g/mol. The Bertz CT molecular complexity index is 328. The van der Waals surface area contributed by atoms with Gasteiger partial charge < -0.3 is 10.2 Å². The third kappa shape index (κ3) is 1.81. The molecule has 4 nitrogen and oxygen atoms in total. The molecule has 0 bridgehead atoms. The van der Waals surface area contributed by atoms with Crippen molar-refractivity contribution in [3.63, 3.8) is 0 Å². The number of piperazine rings is 1. The molecule has 0 radical (unpaired) electrons. The lowest BCUT2D eigenvalue weighted by atomic mass is 9.96. The average Bonchev–Trinajstić information content (AvgIpc) is 2.92. The van der Waals surface area contributed by atoms with E-state index >= 15 is 0 Å². The maximum Gasteiger partial charge on any atom is 0.246 e. The molecular weight excluding hydrogens is 204 g/mol. The van der Waals surface area contributed by atoms with Gasteiger partial charge in [-0.3, -0.25) is 9.59 Å². The second-order valence-electron chi connectivity index (χ2n) is 5.88. The van der Waals surface area contributed by atoms with Crippen molar-refractivity contribution in [1.29, 1.82) is 0 Å². The molecule has 0 aromatic carbocycles. The molecule has 1 N–H and O–H groups in total. The highest BCUT2D eigenvalue weighted by atomic mass is 16.2. The molecule has 0 aromatic heterocycles. The minimum atomic E-state index is -0.359. The molecule has 0 spiro atoms. The second kappa shape index (κ2) is 3.47. The van der Waals surface area contributed by atoms with Crippen LogP contribution in [0.1, 0.15) is 40.5 Å². The summed E-state index contributed by atoms with van der Waals surface area (Å²) in [6, 6.07) is -0.634. The van der Waals surface area contributed by atoms with Gasteiger partial charge in [-0.05, 0) is 46.5 Å². The Balaban J connectivity index is 2.26. The number of amides is 2. The topological polar surface area (TPSA) is 49.4 Å². The van der Waals surface area contributed by atoms with E-state index in [-0.39, 0.29) is 29.4 Å². The zero-order chi connectivity index (χ0) is 12.1. The van der Waals surface area contributed by atoms with Gasteiger partial charge in [-0.25, -0.2) is 0 Å². The molecular formula is C12H20N2O2. The number of nitrogens with one attached hydrogen (secondary N) is 1. The fourth-order valence-corrected chi connectivity index (χ4v) is 2.45. The normalized spacial score (nSPS) is 31.6. The van der Waals surface area contributed by atoms with Gasteiger partial charge in [0.15, 0.2) is 0 Å². The summed E-state index contributed by atoms with van der Waals surface area (Å²) >= 11 is 0. The smallest absolute Gasteiger partial charge is 0.246 e. The zero-order valence-corrected chi connectivity index (χ0v) is 10.4. The Labute approximate surface area is 96.4 Å². The summed E-state index contributed by atoms with van der Waals surface area (Å²) in [6.07, 6.45) is 2.12. The Morgan fingerprint density at radius 2 is 1.81 bits per heavy atom. The SMILES string of the molecule is CC1C(=O)NC(C2CC2)C(=O)N1C(C)(C)C. The van der Waals surface area contributed by atoms with Gasteiger partial charge in [0.1, 0.15) is 12.1 Å². The second-order valence-corrected chi connectivity index (χ2v) is 5.88. The molecule has 0 aromatic rings. The zero-order valence-electron chi connectivity index (χ0n) is 10.4. The average molecular weight is 224 g/mol. The quantitative estimate of drug-likeness (QED) is 0.719. The number of hydrogen-bond acceptors (Lipinski definition) is 2. The van der Waals surface area contributed by atoms with E-state index in [2.05, 4.69) is 5.32 Å². The third-order valence-electron chi connectivity index (χ3n) is 3.38. The van der Waals surface area contributed by atoms with Crippen molar-refractivity contribution >= 4 is 11.8 Å². The van der Waals surface area contributed by atoms with E-state index in [1.165, 1.54) is 0 Å². The van der Waals surface area contributed by atoms with E-state index < -0.39 is 0 Å². The minimum Gasteiger partial charge on any atom is -0.342 e. The predicted molar refractivity (Wildman–Crippen MR) is 60.7 cm³/mol. The number of hydrogen-bond donors (Lipinski definition) is 1. The summed E-state index contributed by atoms with van der Waals surface area (Å²) in [4.78, 5) is 25.9. The number of rotatable bonds is 1. The van der Waals surface area contributed by atoms with E-state index in [1.807, 2.05) is 20.8 Å². The number of carbonyl (C=O) groups is 2. The first kappa shape index (κ1) is 11.4. The summed E-state index contributed by atoms with van der Waals surface area (Å²) in [5, 5.41) is 2.85. The lowest BCUT2D eigenvalue weighted by Crippen LogP contribution is -2.67. The Morgan fingerprint density at radius 3 is 2.25 bits per heavy atom. The van der Waals surface area contributed by atoms with E-state index in [0.717, 1.165) is 12.8 Å². The molecule has 1 saturated carbocycles. The largest absolute Gasteiger partial charge is 0.342 e. The molecule has 1 heterocycles. The van der Waals surface area contributed by atoms with Crippen molar-refractivity contribution < 1.29 is 9.59 Å². The first-order chi connectivity index (χ1) is 7.32. The van der Waals surface area contributed by atoms with Crippen LogP contribution in [0.5, 0.6) is 0 Å². The molecule has 2 atom stereocenters. The van der Waals surface area contributed by atoms with Crippen LogP contribution >= 0.6 is 0 Å². The van der Waals surface area contributed by atoms with Crippen molar-refractivity contribution in [2.75, 3.05) is 0 Å². The van der Waals surface area contributed by atoms with E-state index in [1.54, 1.807) is 11.8 Å². The summed E-state index contributed by atoms with van der Waals surface area (Å²) in [7, 11) is 0. The lowest BCUT2D eigenvalue weighted by molar-refractivity contribution is -0.155. The third-order valence-corrected chi connectivity index (χ3v) is 3.38. The molecule has 1 saturated heterocycles. The van der Waals surface area contributed by atoms with Gasteiger partial charge in [0, 0.05) is 5.54 Å². The van der Waals surface area contributed by atoms with Gasteiger partial charge in [0.2, 0.25) is 11.8 Å². The van der Waals surface area contributed by atoms with Crippen LogP contribution in [0.3, 0.4) is 0 Å². The summed E-state index contributed by atoms with van der Waals surface area (Å²) in [5.41, 5.74) is -0.290. The van der Waals surface area contributed by atoms with Crippen molar-refractivity contribution in [2.45, 2.75) is 58.2 Å².